The summed E-state index contributed by atoms with van der Waals surface area (Å²) >= 11 is 6.37. The van der Waals surface area contributed by atoms with Gasteiger partial charge in [0, 0.05) is 36.4 Å². The summed E-state index contributed by atoms with van der Waals surface area (Å²) in [5.74, 6) is 0. The van der Waals surface area contributed by atoms with Crippen molar-refractivity contribution in [3.8, 4) is 0 Å². The highest BCUT2D eigenvalue weighted by Crippen LogP contribution is 2.28. The van der Waals surface area contributed by atoms with Crippen LogP contribution in [0.25, 0.3) is 0 Å². The van der Waals surface area contributed by atoms with Gasteiger partial charge in [-0.15, -0.1) is 0 Å². The van der Waals surface area contributed by atoms with E-state index in [-0.39, 0.29) is 0 Å². The molecule has 4 heteroatoms. The maximum atomic E-state index is 6.37. The fourth-order valence-corrected chi connectivity index (χ4v) is 3.69. The summed E-state index contributed by atoms with van der Waals surface area (Å²) in [5.41, 5.74) is 2.45. The predicted octanol–water partition coefficient (Wildman–Crippen LogP) is 2.73. The maximum Gasteiger partial charge on any atom is 0.0471 e. The number of nitrogens with one attached hydrogen (secondary N) is 1. The first-order valence-electron chi connectivity index (χ1n) is 7.70. The average molecular weight is 294 g/mol. The third-order valence-electron chi connectivity index (χ3n) is 4.59. The zero-order valence-corrected chi connectivity index (χ0v) is 13.0. The predicted molar refractivity (Wildman–Crippen MR) is 85.6 cm³/mol. The molecule has 0 aromatic heterocycles. The van der Waals surface area contributed by atoms with Gasteiger partial charge in [-0.3, -0.25) is 4.90 Å². The molecule has 0 spiro atoms. The van der Waals surface area contributed by atoms with Crippen LogP contribution in [0.5, 0.6) is 0 Å². The Balaban J connectivity index is 1.66. The Hall–Kier alpha value is -0.770. The Morgan fingerprint density at radius 3 is 2.75 bits per heavy atom. The summed E-state index contributed by atoms with van der Waals surface area (Å²) in [5, 5.41) is 4.03. The molecule has 0 saturated carbocycles. The lowest BCUT2D eigenvalue weighted by Crippen LogP contribution is -2.35. The van der Waals surface area contributed by atoms with E-state index >= 15 is 0 Å². The van der Waals surface area contributed by atoms with Crippen molar-refractivity contribution in [1.29, 1.82) is 0 Å². The highest BCUT2D eigenvalue weighted by molar-refractivity contribution is 6.31. The minimum Gasteiger partial charge on any atom is -0.370 e. The zero-order chi connectivity index (χ0) is 13.9. The molecule has 0 aliphatic carbocycles. The molecule has 1 aromatic carbocycles. The molecule has 0 bridgehead atoms. The van der Waals surface area contributed by atoms with Gasteiger partial charge in [-0.25, -0.2) is 0 Å². The van der Waals surface area contributed by atoms with E-state index in [0.29, 0.717) is 0 Å². The third-order valence-corrected chi connectivity index (χ3v) is 4.94. The van der Waals surface area contributed by atoms with E-state index in [1.807, 2.05) is 7.05 Å². The van der Waals surface area contributed by atoms with Gasteiger partial charge in [-0.05, 0) is 57.1 Å². The summed E-state index contributed by atoms with van der Waals surface area (Å²) in [6.07, 6.45) is 4.04. The largest absolute Gasteiger partial charge is 0.370 e. The van der Waals surface area contributed by atoms with Crippen molar-refractivity contribution >= 4 is 17.3 Å². The van der Waals surface area contributed by atoms with E-state index in [2.05, 4.69) is 33.3 Å². The van der Waals surface area contributed by atoms with Crippen molar-refractivity contribution in [3.63, 3.8) is 0 Å². The lowest BCUT2D eigenvalue weighted by atomic mass is 10.2. The minimum absolute atomic E-state index is 0.744. The van der Waals surface area contributed by atoms with Crippen molar-refractivity contribution in [2.24, 2.45) is 0 Å². The molecule has 1 N–H and O–H groups in total. The normalized spacial score (nSPS) is 23.7. The molecule has 1 atom stereocenters. The van der Waals surface area contributed by atoms with E-state index in [1.54, 1.807) is 0 Å². The van der Waals surface area contributed by atoms with Gasteiger partial charge in [0.1, 0.15) is 0 Å². The van der Waals surface area contributed by atoms with Crippen LogP contribution in [0.15, 0.2) is 18.2 Å². The Labute approximate surface area is 126 Å². The van der Waals surface area contributed by atoms with E-state index in [1.165, 1.54) is 43.6 Å². The second kappa shape index (κ2) is 6.33. The van der Waals surface area contributed by atoms with Crippen molar-refractivity contribution < 1.29 is 0 Å². The first-order valence-corrected chi connectivity index (χ1v) is 8.08. The Kier molecular flexibility index (Phi) is 4.49. The highest BCUT2D eigenvalue weighted by Gasteiger charge is 2.29. The molecule has 3 nitrogen and oxygen atoms in total. The molecule has 110 valence electrons. The molecule has 2 aliphatic rings. The van der Waals surface area contributed by atoms with Gasteiger partial charge in [-0.1, -0.05) is 17.7 Å². The van der Waals surface area contributed by atoms with Crippen LogP contribution in [-0.2, 0) is 6.54 Å². The van der Waals surface area contributed by atoms with Gasteiger partial charge in [0.2, 0.25) is 0 Å². The first kappa shape index (κ1) is 14.2. The summed E-state index contributed by atoms with van der Waals surface area (Å²) < 4.78 is 0. The molecule has 20 heavy (non-hydrogen) atoms. The first-order chi connectivity index (χ1) is 9.78. The van der Waals surface area contributed by atoms with Crippen molar-refractivity contribution in [2.45, 2.75) is 31.8 Å². The lowest BCUT2D eigenvalue weighted by Gasteiger charge is -2.24. The summed E-state index contributed by atoms with van der Waals surface area (Å²) in [7, 11) is 1.95. The van der Waals surface area contributed by atoms with E-state index in [0.717, 1.165) is 30.7 Å². The van der Waals surface area contributed by atoms with Gasteiger partial charge in [0.25, 0.3) is 0 Å². The van der Waals surface area contributed by atoms with Crippen LogP contribution in [0.2, 0.25) is 5.02 Å². The molecule has 0 radical (unpaired) electrons. The topological polar surface area (TPSA) is 18.5 Å². The maximum absolute atomic E-state index is 6.37. The Morgan fingerprint density at radius 2 is 2.05 bits per heavy atom. The fourth-order valence-electron chi connectivity index (χ4n) is 3.45. The molecule has 1 aromatic rings. The Bertz CT molecular complexity index is 457. The van der Waals surface area contributed by atoms with Gasteiger partial charge >= 0.3 is 0 Å². The summed E-state index contributed by atoms with van der Waals surface area (Å²) in [6.45, 7) is 5.72. The number of nitrogens with zero attached hydrogens (tertiary/aromatic N) is 2. The van der Waals surface area contributed by atoms with Gasteiger partial charge in [0.15, 0.2) is 0 Å². The number of likely N-dealkylation sites (tertiary alicyclic amines) is 1. The van der Waals surface area contributed by atoms with Crippen molar-refractivity contribution in [1.82, 2.24) is 10.2 Å². The standard InChI is InChI=1S/C16H24ClN3/c1-18-11-13-4-5-14(10-16(13)17)20-9-6-15(12-20)19-7-2-3-8-19/h4-5,10,15,18H,2-3,6-9,11-12H2,1H3. The zero-order valence-electron chi connectivity index (χ0n) is 12.2. The minimum atomic E-state index is 0.744. The molecule has 1 unspecified atom stereocenters. The molecule has 2 saturated heterocycles. The molecule has 0 amide bonds. The highest BCUT2D eigenvalue weighted by atomic mass is 35.5. The van der Waals surface area contributed by atoms with E-state index in [9.17, 15) is 0 Å². The monoisotopic (exact) mass is 293 g/mol. The molecular weight excluding hydrogens is 270 g/mol. The van der Waals surface area contributed by atoms with Crippen LogP contribution in [0.4, 0.5) is 5.69 Å². The number of rotatable bonds is 4. The van der Waals surface area contributed by atoms with Crippen LogP contribution >= 0.6 is 11.6 Å². The number of hydrogen-bond donors (Lipinski definition) is 1. The fraction of sp³-hybridized carbons (Fsp3) is 0.625. The smallest absolute Gasteiger partial charge is 0.0471 e. The second-order valence-corrected chi connectivity index (χ2v) is 6.34. The van der Waals surface area contributed by atoms with Gasteiger partial charge in [-0.2, -0.15) is 0 Å². The number of halogens is 1. The summed E-state index contributed by atoms with van der Waals surface area (Å²) in [6, 6.07) is 7.23. The quantitative estimate of drug-likeness (QED) is 0.921. The van der Waals surface area contributed by atoms with Crippen LogP contribution in [0.3, 0.4) is 0 Å². The van der Waals surface area contributed by atoms with Crippen LogP contribution in [0, 0.1) is 0 Å². The van der Waals surface area contributed by atoms with Crippen molar-refractivity contribution in [2.75, 3.05) is 38.1 Å². The molecule has 3 rings (SSSR count). The number of benzene rings is 1. The molecule has 2 fully saturated rings. The lowest BCUT2D eigenvalue weighted by molar-refractivity contribution is 0.260. The molecule has 2 heterocycles. The van der Waals surface area contributed by atoms with Crippen LogP contribution < -0.4 is 10.2 Å². The molecular formula is C16H24ClN3. The number of anilines is 1. The third kappa shape index (κ3) is 2.95. The number of hydrogen-bond acceptors (Lipinski definition) is 3. The second-order valence-electron chi connectivity index (χ2n) is 5.94. The SMILES string of the molecule is CNCc1ccc(N2CCC(N3CCCC3)C2)cc1Cl. The van der Waals surface area contributed by atoms with Crippen LogP contribution in [0.1, 0.15) is 24.8 Å². The van der Waals surface area contributed by atoms with Crippen molar-refractivity contribution in [3.05, 3.63) is 28.8 Å². The van der Waals surface area contributed by atoms with E-state index in [4.69, 9.17) is 11.6 Å². The van der Waals surface area contributed by atoms with Gasteiger partial charge < -0.3 is 10.2 Å². The summed E-state index contributed by atoms with van der Waals surface area (Å²) in [4.78, 5) is 5.15. The van der Waals surface area contributed by atoms with E-state index < -0.39 is 0 Å². The van der Waals surface area contributed by atoms with Gasteiger partial charge in [0.05, 0.1) is 0 Å². The molecule has 2 aliphatic heterocycles. The Morgan fingerprint density at radius 1 is 1.25 bits per heavy atom. The van der Waals surface area contributed by atoms with Crippen LogP contribution in [-0.4, -0.2) is 44.2 Å². The average Bonchev–Trinajstić information content (AvgIpc) is 3.11.